The number of pyridine rings is 1. The lowest BCUT2D eigenvalue weighted by molar-refractivity contribution is -0.114. The molecule has 0 radical (unpaired) electrons. The van der Waals surface area contributed by atoms with Gasteiger partial charge in [-0.1, -0.05) is 0 Å². The van der Waals surface area contributed by atoms with E-state index in [0.29, 0.717) is 12.5 Å². The fourth-order valence-electron chi connectivity index (χ4n) is 2.84. The lowest BCUT2D eigenvalue weighted by Crippen LogP contribution is -2.05. The van der Waals surface area contributed by atoms with Crippen LogP contribution in [0.4, 0.5) is 11.5 Å². The standard InChI is InChI=1S/C17H16N4O2/c1-10-5-14-15(23-9-18-14)6-13(10)12-3-4-17-20-16(19-11(2)22)8-21(17)7-12/h3-8,18H,9H2,1-2H3,(H,19,22). The van der Waals surface area contributed by atoms with Crippen molar-refractivity contribution in [2.24, 2.45) is 0 Å². The summed E-state index contributed by atoms with van der Waals surface area (Å²) in [6.45, 7) is 4.06. The van der Waals surface area contributed by atoms with Gasteiger partial charge >= 0.3 is 0 Å². The molecule has 2 aromatic heterocycles. The molecule has 0 saturated carbocycles. The maximum atomic E-state index is 11.2. The molecule has 0 fully saturated rings. The highest BCUT2D eigenvalue weighted by Crippen LogP contribution is 2.36. The van der Waals surface area contributed by atoms with Crippen molar-refractivity contribution in [2.75, 3.05) is 17.4 Å². The zero-order valence-corrected chi connectivity index (χ0v) is 12.9. The van der Waals surface area contributed by atoms with E-state index >= 15 is 0 Å². The lowest BCUT2D eigenvalue weighted by atomic mass is 10.0. The van der Waals surface area contributed by atoms with E-state index < -0.39 is 0 Å². The van der Waals surface area contributed by atoms with E-state index in [9.17, 15) is 4.79 Å². The Labute approximate surface area is 133 Å². The summed E-state index contributed by atoms with van der Waals surface area (Å²) in [6, 6.07) is 8.11. The van der Waals surface area contributed by atoms with Gasteiger partial charge in [0.05, 0.1) is 11.9 Å². The average Bonchev–Trinajstić information content (AvgIpc) is 3.09. The highest BCUT2D eigenvalue weighted by atomic mass is 16.5. The number of amides is 1. The average molecular weight is 308 g/mol. The molecule has 0 unspecified atom stereocenters. The molecule has 116 valence electrons. The molecule has 0 saturated heterocycles. The first-order chi connectivity index (χ1) is 11.1. The molecule has 6 nitrogen and oxygen atoms in total. The number of nitrogens with zero attached hydrogens (tertiary/aromatic N) is 2. The summed E-state index contributed by atoms with van der Waals surface area (Å²) in [5.74, 6) is 1.29. The predicted octanol–water partition coefficient (Wildman–Crippen LogP) is 3.03. The molecule has 0 spiro atoms. The van der Waals surface area contributed by atoms with Crippen molar-refractivity contribution in [3.05, 3.63) is 42.2 Å². The van der Waals surface area contributed by atoms with Gasteiger partial charge in [-0.25, -0.2) is 4.98 Å². The van der Waals surface area contributed by atoms with Gasteiger partial charge in [-0.3, -0.25) is 4.79 Å². The third-order valence-corrected chi connectivity index (χ3v) is 3.88. The normalized spacial score (nSPS) is 12.6. The topological polar surface area (TPSA) is 67.7 Å². The molecule has 4 rings (SSSR count). The van der Waals surface area contributed by atoms with Gasteiger partial charge in [0.1, 0.15) is 11.4 Å². The number of hydrogen-bond acceptors (Lipinski definition) is 4. The molecule has 0 aliphatic carbocycles. The fraction of sp³-hybridized carbons (Fsp3) is 0.176. The SMILES string of the molecule is CC(=O)Nc1cn2cc(-c3cc4c(cc3C)NCO4)ccc2n1. The maximum absolute atomic E-state index is 11.2. The van der Waals surface area contributed by atoms with Gasteiger partial charge in [0, 0.05) is 13.1 Å². The molecule has 1 aliphatic rings. The van der Waals surface area contributed by atoms with Gasteiger partial charge in [-0.05, 0) is 47.9 Å². The smallest absolute Gasteiger partial charge is 0.222 e. The summed E-state index contributed by atoms with van der Waals surface area (Å²) in [7, 11) is 0. The Hall–Kier alpha value is -3.02. The van der Waals surface area contributed by atoms with Gasteiger partial charge in [0.25, 0.3) is 0 Å². The van der Waals surface area contributed by atoms with Crippen molar-refractivity contribution in [1.29, 1.82) is 0 Å². The van der Waals surface area contributed by atoms with Crippen LogP contribution in [0.1, 0.15) is 12.5 Å². The molecule has 6 heteroatoms. The van der Waals surface area contributed by atoms with Crippen molar-refractivity contribution in [3.8, 4) is 16.9 Å². The zero-order chi connectivity index (χ0) is 16.0. The second-order valence-corrected chi connectivity index (χ2v) is 5.62. The monoisotopic (exact) mass is 308 g/mol. The molecule has 23 heavy (non-hydrogen) atoms. The fourth-order valence-corrected chi connectivity index (χ4v) is 2.84. The number of rotatable bonds is 2. The van der Waals surface area contributed by atoms with Crippen molar-refractivity contribution in [3.63, 3.8) is 0 Å². The van der Waals surface area contributed by atoms with Crippen LogP contribution in [-0.4, -0.2) is 22.0 Å². The van der Waals surface area contributed by atoms with Gasteiger partial charge in [0.2, 0.25) is 5.91 Å². The summed E-state index contributed by atoms with van der Waals surface area (Å²) in [4.78, 5) is 15.5. The van der Waals surface area contributed by atoms with Gasteiger partial charge in [-0.2, -0.15) is 0 Å². The largest absolute Gasteiger partial charge is 0.471 e. The van der Waals surface area contributed by atoms with Crippen LogP contribution in [0.15, 0.2) is 36.7 Å². The molecule has 1 amide bonds. The number of nitrogens with one attached hydrogen (secondary N) is 2. The van der Waals surface area contributed by atoms with Crippen molar-refractivity contribution in [1.82, 2.24) is 9.38 Å². The number of aryl methyl sites for hydroxylation is 1. The number of anilines is 2. The van der Waals surface area contributed by atoms with E-state index in [0.717, 1.165) is 28.2 Å². The quantitative estimate of drug-likeness (QED) is 0.763. The van der Waals surface area contributed by atoms with E-state index in [1.807, 2.05) is 22.7 Å². The third-order valence-electron chi connectivity index (χ3n) is 3.88. The third kappa shape index (κ3) is 2.38. The molecule has 1 aromatic carbocycles. The first-order valence-electron chi connectivity index (χ1n) is 7.38. The highest BCUT2D eigenvalue weighted by Gasteiger charge is 2.15. The van der Waals surface area contributed by atoms with E-state index in [4.69, 9.17) is 4.74 Å². The Morgan fingerprint density at radius 1 is 1.35 bits per heavy atom. The Bertz CT molecular complexity index is 930. The van der Waals surface area contributed by atoms with Crippen LogP contribution in [0.2, 0.25) is 0 Å². The number of imidazole rings is 1. The molecule has 3 heterocycles. The summed E-state index contributed by atoms with van der Waals surface area (Å²) in [5.41, 5.74) is 5.17. The summed E-state index contributed by atoms with van der Waals surface area (Å²) < 4.78 is 7.48. The Kier molecular flexibility index (Phi) is 2.97. The van der Waals surface area contributed by atoms with Crippen LogP contribution in [0, 0.1) is 6.92 Å². The minimum atomic E-state index is -0.132. The number of hydrogen-bond donors (Lipinski definition) is 2. The zero-order valence-electron chi connectivity index (χ0n) is 12.9. The number of benzene rings is 1. The molecular formula is C17H16N4O2. The van der Waals surface area contributed by atoms with Crippen LogP contribution in [0.5, 0.6) is 5.75 Å². The van der Waals surface area contributed by atoms with Gasteiger partial charge in [0.15, 0.2) is 12.5 Å². The van der Waals surface area contributed by atoms with Crippen molar-refractivity contribution in [2.45, 2.75) is 13.8 Å². The van der Waals surface area contributed by atoms with Gasteiger partial charge < -0.3 is 19.8 Å². The highest BCUT2D eigenvalue weighted by molar-refractivity contribution is 5.88. The van der Waals surface area contributed by atoms with E-state index in [-0.39, 0.29) is 5.91 Å². The maximum Gasteiger partial charge on any atom is 0.222 e. The van der Waals surface area contributed by atoms with Crippen LogP contribution < -0.4 is 15.4 Å². The Morgan fingerprint density at radius 2 is 2.22 bits per heavy atom. The van der Waals surface area contributed by atoms with E-state index in [2.05, 4.69) is 34.7 Å². The van der Waals surface area contributed by atoms with E-state index in [1.54, 1.807) is 6.20 Å². The van der Waals surface area contributed by atoms with Crippen LogP contribution in [0.25, 0.3) is 16.8 Å². The second-order valence-electron chi connectivity index (χ2n) is 5.62. The molecule has 0 bridgehead atoms. The molecule has 2 N–H and O–H groups in total. The molecule has 3 aromatic rings. The van der Waals surface area contributed by atoms with Crippen LogP contribution in [0.3, 0.4) is 0 Å². The van der Waals surface area contributed by atoms with Gasteiger partial charge in [-0.15, -0.1) is 0 Å². The minimum Gasteiger partial charge on any atom is -0.471 e. The van der Waals surface area contributed by atoms with Crippen molar-refractivity contribution < 1.29 is 9.53 Å². The number of carbonyl (C=O) groups is 1. The van der Waals surface area contributed by atoms with Crippen LogP contribution >= 0.6 is 0 Å². The molecule has 1 aliphatic heterocycles. The lowest BCUT2D eigenvalue weighted by Gasteiger charge is -2.09. The summed E-state index contributed by atoms with van der Waals surface area (Å²) in [6.07, 6.45) is 3.81. The number of carbonyl (C=O) groups excluding carboxylic acids is 1. The number of aromatic nitrogens is 2. The summed E-state index contributed by atoms with van der Waals surface area (Å²) in [5, 5.41) is 5.89. The number of fused-ring (bicyclic) bond motifs is 2. The first-order valence-corrected chi connectivity index (χ1v) is 7.38. The Morgan fingerprint density at radius 3 is 3.04 bits per heavy atom. The second kappa shape index (κ2) is 5.01. The van der Waals surface area contributed by atoms with Crippen LogP contribution in [-0.2, 0) is 4.79 Å². The summed E-state index contributed by atoms with van der Waals surface area (Å²) >= 11 is 0. The van der Waals surface area contributed by atoms with E-state index in [1.165, 1.54) is 12.5 Å². The number of ether oxygens (including phenoxy) is 1. The molecular weight excluding hydrogens is 292 g/mol. The minimum absolute atomic E-state index is 0.132. The van der Waals surface area contributed by atoms with Crippen molar-refractivity contribution >= 4 is 23.1 Å². The first kappa shape index (κ1) is 13.6. The predicted molar refractivity (Wildman–Crippen MR) is 88.8 cm³/mol. The Balaban J connectivity index is 1.78. The molecule has 0 atom stereocenters.